The molecule has 0 radical (unpaired) electrons. The molecule has 0 aromatic heterocycles. The summed E-state index contributed by atoms with van der Waals surface area (Å²) in [7, 11) is -3.61. The van der Waals surface area contributed by atoms with E-state index in [1.165, 1.54) is 15.3 Å². The van der Waals surface area contributed by atoms with Crippen molar-refractivity contribution in [2.75, 3.05) is 17.1 Å². The van der Waals surface area contributed by atoms with E-state index in [2.05, 4.69) is 5.32 Å². The number of nitrogens with one attached hydrogen (secondary N) is 1. The summed E-state index contributed by atoms with van der Waals surface area (Å²) in [6, 6.07) is 20.1. The van der Waals surface area contributed by atoms with Gasteiger partial charge in [-0.3, -0.25) is 13.9 Å². The van der Waals surface area contributed by atoms with Crippen LogP contribution in [0.2, 0.25) is 0 Å². The van der Waals surface area contributed by atoms with Crippen LogP contribution in [-0.4, -0.2) is 50.0 Å². The molecule has 2 amide bonds. The zero-order valence-electron chi connectivity index (χ0n) is 24.4. The lowest BCUT2D eigenvalue weighted by Crippen LogP contribution is -2.52. The third kappa shape index (κ3) is 9.42. The summed E-state index contributed by atoms with van der Waals surface area (Å²) >= 11 is 0. The van der Waals surface area contributed by atoms with Crippen LogP contribution >= 0.6 is 0 Å². The Morgan fingerprint density at radius 1 is 0.927 bits per heavy atom. The fourth-order valence-corrected chi connectivity index (χ4v) is 5.79. The number of benzene rings is 3. The quantitative estimate of drug-likeness (QED) is 0.302. The molecular weight excluding hydrogens is 541 g/mol. The summed E-state index contributed by atoms with van der Waals surface area (Å²) in [5, 5.41) is 2.91. The van der Waals surface area contributed by atoms with Gasteiger partial charge in [0.15, 0.2) is 0 Å². The fourth-order valence-electron chi connectivity index (χ4n) is 4.84. The second-order valence-corrected chi connectivity index (χ2v) is 12.7. The molecule has 0 saturated heterocycles. The molecule has 0 fully saturated rings. The number of anilines is 1. The minimum absolute atomic E-state index is 0.0223. The molecule has 0 aliphatic carbocycles. The largest absolute Gasteiger partial charge is 0.352 e. The number of hydrogen-bond acceptors (Lipinski definition) is 4. The van der Waals surface area contributed by atoms with Gasteiger partial charge in [-0.2, -0.15) is 0 Å². The lowest BCUT2D eigenvalue weighted by molar-refractivity contribution is -0.141. The molecule has 0 heterocycles. The summed E-state index contributed by atoms with van der Waals surface area (Å²) in [6.45, 7) is 7.47. The van der Waals surface area contributed by atoms with Crippen LogP contribution in [0, 0.1) is 19.7 Å². The van der Waals surface area contributed by atoms with Gasteiger partial charge in [0.2, 0.25) is 21.8 Å². The summed E-state index contributed by atoms with van der Waals surface area (Å²) in [5.74, 6) is -1.16. The molecule has 1 N–H and O–H groups in total. The number of aryl methyl sites for hydroxylation is 2. The van der Waals surface area contributed by atoms with E-state index in [4.69, 9.17) is 0 Å². The molecule has 1 atom stereocenters. The highest BCUT2D eigenvalue weighted by atomic mass is 32.2. The molecule has 0 aliphatic heterocycles. The van der Waals surface area contributed by atoms with E-state index >= 15 is 0 Å². The van der Waals surface area contributed by atoms with Crippen LogP contribution in [-0.2, 0) is 32.6 Å². The number of carbonyl (C=O) groups is 2. The van der Waals surface area contributed by atoms with Gasteiger partial charge >= 0.3 is 0 Å². The summed E-state index contributed by atoms with van der Waals surface area (Å²) in [5.41, 5.74) is 3.56. The number of sulfonamides is 1. The highest BCUT2D eigenvalue weighted by Crippen LogP contribution is 2.23. The van der Waals surface area contributed by atoms with E-state index in [-0.39, 0.29) is 50.2 Å². The van der Waals surface area contributed by atoms with Gasteiger partial charge in [0.1, 0.15) is 11.9 Å². The van der Waals surface area contributed by atoms with Crippen LogP contribution in [0.15, 0.2) is 72.8 Å². The zero-order chi connectivity index (χ0) is 30.2. The van der Waals surface area contributed by atoms with Crippen molar-refractivity contribution in [2.24, 2.45) is 0 Å². The van der Waals surface area contributed by atoms with Crippen LogP contribution in [0.4, 0.5) is 10.1 Å². The van der Waals surface area contributed by atoms with Crippen LogP contribution in [0.1, 0.15) is 48.9 Å². The maximum Gasteiger partial charge on any atom is 0.243 e. The predicted octanol–water partition coefficient (Wildman–Crippen LogP) is 5.15. The van der Waals surface area contributed by atoms with Gasteiger partial charge in [-0.1, -0.05) is 54.6 Å². The van der Waals surface area contributed by atoms with Crippen molar-refractivity contribution in [1.29, 1.82) is 0 Å². The summed E-state index contributed by atoms with van der Waals surface area (Å²) < 4.78 is 41.4. The number of hydrogen-bond donors (Lipinski definition) is 1. The standard InChI is InChI=1S/C32H40FN3O4S/c1-23(2)34-32(38)30(21-26-12-7-6-8-13-26)35(22-27-14-9-10-15-29(27)33)31(37)16-11-17-36(41(5,39)40)28-19-24(3)18-25(4)20-28/h6-10,12-15,18-20,23,30H,11,16-17,21-22H2,1-5H3,(H,34,38)/t30-/m0/s1. The van der Waals surface area contributed by atoms with Crippen LogP contribution < -0.4 is 9.62 Å². The number of amides is 2. The Balaban J connectivity index is 1.90. The minimum Gasteiger partial charge on any atom is -0.352 e. The number of carbonyl (C=O) groups excluding carboxylic acids is 2. The molecule has 7 nitrogen and oxygen atoms in total. The van der Waals surface area contributed by atoms with Crippen LogP contribution in [0.25, 0.3) is 0 Å². The summed E-state index contributed by atoms with van der Waals surface area (Å²) in [6.07, 6.45) is 1.59. The third-order valence-corrected chi connectivity index (χ3v) is 7.84. The van der Waals surface area contributed by atoms with Gasteiger partial charge < -0.3 is 10.2 Å². The highest BCUT2D eigenvalue weighted by molar-refractivity contribution is 7.92. The third-order valence-electron chi connectivity index (χ3n) is 6.65. The van der Waals surface area contributed by atoms with Gasteiger partial charge in [-0.15, -0.1) is 0 Å². The average Bonchev–Trinajstić information content (AvgIpc) is 2.88. The van der Waals surface area contributed by atoms with Gasteiger partial charge in [-0.05, 0) is 69.0 Å². The molecule has 0 unspecified atom stereocenters. The van der Waals surface area contributed by atoms with E-state index in [1.54, 1.807) is 30.3 Å². The van der Waals surface area contributed by atoms with Crippen molar-refractivity contribution >= 4 is 27.5 Å². The molecule has 3 aromatic carbocycles. The first-order chi connectivity index (χ1) is 19.3. The highest BCUT2D eigenvalue weighted by Gasteiger charge is 2.31. The Labute approximate surface area is 243 Å². The Hall–Kier alpha value is -3.72. The molecule has 0 bridgehead atoms. The van der Waals surface area contributed by atoms with Crippen molar-refractivity contribution in [3.63, 3.8) is 0 Å². The average molecular weight is 582 g/mol. The predicted molar refractivity (Wildman–Crippen MR) is 162 cm³/mol. The maximum absolute atomic E-state index is 14.7. The van der Waals surface area contributed by atoms with E-state index in [9.17, 15) is 22.4 Å². The SMILES string of the molecule is Cc1cc(C)cc(N(CCCC(=O)N(Cc2ccccc2F)[C@@H](Cc2ccccc2)C(=O)NC(C)C)S(C)(=O)=O)c1. The summed E-state index contributed by atoms with van der Waals surface area (Å²) in [4.78, 5) is 28.7. The molecule has 0 spiro atoms. The molecule has 0 aliphatic rings. The van der Waals surface area contributed by atoms with Crippen molar-refractivity contribution < 1.29 is 22.4 Å². The number of halogens is 1. The van der Waals surface area contributed by atoms with Gasteiger partial charge in [0.25, 0.3) is 0 Å². The van der Waals surface area contributed by atoms with E-state index in [0.29, 0.717) is 11.3 Å². The second kappa shape index (κ2) is 14.3. The Morgan fingerprint density at radius 2 is 1.54 bits per heavy atom. The molecule has 9 heteroatoms. The maximum atomic E-state index is 14.7. The van der Waals surface area contributed by atoms with Gasteiger partial charge in [0, 0.05) is 37.5 Å². The van der Waals surface area contributed by atoms with Crippen molar-refractivity contribution in [3.05, 3.63) is 101 Å². The first-order valence-electron chi connectivity index (χ1n) is 13.8. The number of rotatable bonds is 13. The first-order valence-corrected chi connectivity index (χ1v) is 15.6. The Bertz CT molecular complexity index is 1420. The van der Waals surface area contributed by atoms with E-state index in [1.807, 2.05) is 64.1 Å². The van der Waals surface area contributed by atoms with E-state index < -0.39 is 21.9 Å². The van der Waals surface area contributed by atoms with Gasteiger partial charge in [0.05, 0.1) is 11.9 Å². The molecule has 41 heavy (non-hydrogen) atoms. The van der Waals surface area contributed by atoms with E-state index in [0.717, 1.165) is 22.9 Å². The fraction of sp³-hybridized carbons (Fsp3) is 0.375. The zero-order valence-corrected chi connectivity index (χ0v) is 25.2. The van der Waals surface area contributed by atoms with Crippen LogP contribution in [0.5, 0.6) is 0 Å². The smallest absolute Gasteiger partial charge is 0.243 e. The molecule has 0 saturated carbocycles. The van der Waals surface area contributed by atoms with Crippen LogP contribution in [0.3, 0.4) is 0 Å². The van der Waals surface area contributed by atoms with Crippen molar-refractivity contribution in [2.45, 2.75) is 65.6 Å². The Morgan fingerprint density at radius 3 is 2.12 bits per heavy atom. The lowest BCUT2D eigenvalue weighted by atomic mass is 10.0. The monoisotopic (exact) mass is 581 g/mol. The molecule has 220 valence electrons. The topological polar surface area (TPSA) is 86.8 Å². The number of nitrogens with zero attached hydrogens (tertiary/aromatic N) is 2. The minimum atomic E-state index is -3.61. The van der Waals surface area contributed by atoms with Gasteiger partial charge in [-0.25, -0.2) is 12.8 Å². The molecular formula is C32H40FN3O4S. The first kappa shape index (κ1) is 31.8. The van der Waals surface area contributed by atoms with Crippen molar-refractivity contribution in [1.82, 2.24) is 10.2 Å². The molecule has 3 aromatic rings. The van der Waals surface area contributed by atoms with Crippen molar-refractivity contribution in [3.8, 4) is 0 Å². The second-order valence-electron chi connectivity index (χ2n) is 10.8. The Kier molecular flexibility index (Phi) is 11.1. The lowest BCUT2D eigenvalue weighted by Gasteiger charge is -2.32. The normalized spacial score (nSPS) is 12.2. The molecule has 3 rings (SSSR count).